The Kier molecular flexibility index (Phi) is 6.00. The molecule has 2 aromatic carbocycles. The van der Waals surface area contributed by atoms with Crippen molar-refractivity contribution < 1.29 is 9.53 Å². The van der Waals surface area contributed by atoms with E-state index in [1.165, 1.54) is 5.56 Å². The molecule has 1 aliphatic rings. The fourth-order valence-electron chi connectivity index (χ4n) is 4.22. The van der Waals surface area contributed by atoms with E-state index in [1.54, 1.807) is 18.4 Å². The highest BCUT2D eigenvalue weighted by atomic mass is 32.1. The maximum Gasteiger partial charge on any atom is 0.225 e. The predicted octanol–water partition coefficient (Wildman–Crippen LogP) is 4.31. The molecule has 1 amide bonds. The fraction of sp³-hybridized carbons (Fsp3) is 0.320. The summed E-state index contributed by atoms with van der Waals surface area (Å²) in [5.41, 5.74) is 4.27. The minimum atomic E-state index is -0.0335. The minimum Gasteiger partial charge on any atom is -0.497 e. The molecule has 1 unspecified atom stereocenters. The number of fused-ring (bicyclic) bond motifs is 1. The monoisotopic (exact) mass is 461 g/mol. The van der Waals surface area contributed by atoms with Crippen molar-refractivity contribution in [3.05, 3.63) is 65.9 Å². The Morgan fingerprint density at radius 2 is 2.03 bits per heavy atom. The van der Waals surface area contributed by atoms with Crippen molar-refractivity contribution in [2.45, 2.75) is 26.3 Å². The van der Waals surface area contributed by atoms with Crippen LogP contribution in [0.1, 0.15) is 24.0 Å². The Morgan fingerprint density at radius 3 is 2.79 bits per heavy atom. The SMILES string of the molecule is COc1ccc(-c2cn3nc(N4CCCC(C(=O)NCc5ccccc5C)C4)sc3n2)cc1. The molecule has 1 saturated heterocycles. The molecule has 7 nitrogen and oxygen atoms in total. The number of nitrogens with one attached hydrogen (secondary N) is 1. The summed E-state index contributed by atoms with van der Waals surface area (Å²) in [5.74, 6) is 0.905. The minimum absolute atomic E-state index is 0.0335. The lowest BCUT2D eigenvalue weighted by molar-refractivity contribution is -0.125. The molecule has 8 heteroatoms. The van der Waals surface area contributed by atoms with Crippen molar-refractivity contribution in [3.8, 4) is 17.0 Å². The second-order valence-corrected chi connectivity index (χ2v) is 9.33. The van der Waals surface area contributed by atoms with Gasteiger partial charge in [0, 0.05) is 25.2 Å². The Bertz CT molecular complexity index is 1230. The maximum atomic E-state index is 12.8. The number of aryl methyl sites for hydroxylation is 1. The zero-order chi connectivity index (χ0) is 22.8. The van der Waals surface area contributed by atoms with Gasteiger partial charge in [-0.2, -0.15) is 0 Å². The van der Waals surface area contributed by atoms with Gasteiger partial charge in [-0.15, -0.1) is 5.10 Å². The van der Waals surface area contributed by atoms with E-state index in [9.17, 15) is 4.79 Å². The van der Waals surface area contributed by atoms with Crippen LogP contribution in [-0.4, -0.2) is 40.7 Å². The van der Waals surface area contributed by atoms with Crippen LogP contribution in [0, 0.1) is 12.8 Å². The number of nitrogens with zero attached hydrogens (tertiary/aromatic N) is 4. The first-order valence-electron chi connectivity index (χ1n) is 11.2. The summed E-state index contributed by atoms with van der Waals surface area (Å²) in [6, 6.07) is 16.0. The molecule has 1 aliphatic heterocycles. The van der Waals surface area contributed by atoms with E-state index < -0.39 is 0 Å². The lowest BCUT2D eigenvalue weighted by Crippen LogP contribution is -2.43. The number of amides is 1. The van der Waals surface area contributed by atoms with Crippen molar-refractivity contribution in [1.82, 2.24) is 19.9 Å². The summed E-state index contributed by atoms with van der Waals surface area (Å²) in [4.78, 5) is 20.7. The highest BCUT2D eigenvalue weighted by molar-refractivity contribution is 7.20. The third-order valence-electron chi connectivity index (χ3n) is 6.20. The van der Waals surface area contributed by atoms with Crippen LogP contribution < -0.4 is 15.0 Å². The van der Waals surface area contributed by atoms with E-state index in [4.69, 9.17) is 14.8 Å². The number of carbonyl (C=O) groups is 1. The number of carbonyl (C=O) groups excluding carboxylic acids is 1. The molecule has 1 N–H and O–H groups in total. The second-order valence-electron chi connectivity index (χ2n) is 8.40. The fourth-order valence-corrected chi connectivity index (χ4v) is 5.14. The van der Waals surface area contributed by atoms with Crippen LogP contribution in [0.15, 0.2) is 54.7 Å². The van der Waals surface area contributed by atoms with E-state index in [0.717, 1.165) is 52.0 Å². The van der Waals surface area contributed by atoms with E-state index in [1.807, 2.05) is 47.1 Å². The molecule has 0 aliphatic carbocycles. The van der Waals surface area contributed by atoms with Gasteiger partial charge >= 0.3 is 0 Å². The number of benzene rings is 2. The van der Waals surface area contributed by atoms with Crippen LogP contribution in [0.25, 0.3) is 16.2 Å². The van der Waals surface area contributed by atoms with Gasteiger partial charge in [0.2, 0.25) is 16.0 Å². The summed E-state index contributed by atoms with van der Waals surface area (Å²) >= 11 is 1.56. The zero-order valence-corrected chi connectivity index (χ0v) is 19.6. The molecule has 2 aromatic heterocycles. The molecular formula is C25H27N5O2S. The van der Waals surface area contributed by atoms with Gasteiger partial charge in [0.15, 0.2) is 0 Å². The van der Waals surface area contributed by atoms with Crippen molar-refractivity contribution in [2.75, 3.05) is 25.1 Å². The summed E-state index contributed by atoms with van der Waals surface area (Å²) in [7, 11) is 1.66. The molecule has 1 fully saturated rings. The smallest absolute Gasteiger partial charge is 0.225 e. The number of imidazole rings is 1. The first-order chi connectivity index (χ1) is 16.1. The van der Waals surface area contributed by atoms with Gasteiger partial charge in [0.25, 0.3) is 0 Å². The number of hydrogen-bond donors (Lipinski definition) is 1. The third kappa shape index (κ3) is 4.57. The summed E-state index contributed by atoms with van der Waals surface area (Å²) < 4.78 is 7.07. The molecule has 4 aromatic rings. The van der Waals surface area contributed by atoms with Crippen molar-refractivity contribution in [1.29, 1.82) is 0 Å². The van der Waals surface area contributed by atoms with Gasteiger partial charge in [0.05, 0.1) is 24.9 Å². The Labute approximate surface area is 197 Å². The lowest BCUT2D eigenvalue weighted by Gasteiger charge is -2.31. The average molecular weight is 462 g/mol. The first-order valence-corrected chi connectivity index (χ1v) is 12.0. The van der Waals surface area contributed by atoms with Crippen molar-refractivity contribution in [3.63, 3.8) is 0 Å². The van der Waals surface area contributed by atoms with Crippen LogP contribution in [0.5, 0.6) is 5.75 Å². The van der Waals surface area contributed by atoms with Gasteiger partial charge in [-0.05, 0) is 55.2 Å². The van der Waals surface area contributed by atoms with Crippen molar-refractivity contribution in [2.24, 2.45) is 5.92 Å². The summed E-state index contributed by atoms with van der Waals surface area (Å²) in [6.07, 6.45) is 3.83. The number of piperidine rings is 1. The lowest BCUT2D eigenvalue weighted by atomic mass is 9.97. The standard InChI is InChI=1S/C25H27N5O2S/c1-17-6-3-4-7-19(17)14-26-23(31)20-8-5-13-29(15-20)25-28-30-16-22(27-24(30)33-25)18-9-11-21(32-2)12-10-18/h3-4,6-7,9-12,16,20H,5,8,13-15H2,1-2H3,(H,26,31). The van der Waals surface area contributed by atoms with Gasteiger partial charge in [-0.25, -0.2) is 9.50 Å². The van der Waals surface area contributed by atoms with Crippen molar-refractivity contribution >= 4 is 27.3 Å². The van der Waals surface area contributed by atoms with Gasteiger partial charge < -0.3 is 15.0 Å². The molecule has 1 atom stereocenters. The Morgan fingerprint density at radius 1 is 1.21 bits per heavy atom. The quantitative estimate of drug-likeness (QED) is 0.463. The molecule has 33 heavy (non-hydrogen) atoms. The largest absolute Gasteiger partial charge is 0.497 e. The van der Waals surface area contributed by atoms with Crippen LogP contribution in [0.4, 0.5) is 5.13 Å². The van der Waals surface area contributed by atoms with Gasteiger partial charge in [-0.3, -0.25) is 4.79 Å². The molecule has 0 radical (unpaired) electrons. The number of rotatable bonds is 6. The van der Waals surface area contributed by atoms with E-state index in [2.05, 4.69) is 29.3 Å². The Hall–Kier alpha value is -3.39. The van der Waals surface area contributed by atoms with Gasteiger partial charge in [0.1, 0.15) is 5.75 Å². The van der Waals surface area contributed by atoms with Gasteiger partial charge in [-0.1, -0.05) is 35.6 Å². The summed E-state index contributed by atoms with van der Waals surface area (Å²) in [5, 5.41) is 8.80. The molecule has 3 heterocycles. The molecule has 0 saturated carbocycles. The van der Waals surface area contributed by atoms with Crippen LogP contribution >= 0.6 is 11.3 Å². The Balaban J connectivity index is 1.25. The zero-order valence-electron chi connectivity index (χ0n) is 18.8. The van der Waals surface area contributed by atoms with E-state index >= 15 is 0 Å². The number of ether oxygens (including phenoxy) is 1. The highest BCUT2D eigenvalue weighted by Gasteiger charge is 2.28. The number of hydrogen-bond acceptors (Lipinski definition) is 6. The second kappa shape index (κ2) is 9.23. The molecule has 170 valence electrons. The number of methoxy groups -OCH3 is 1. The topological polar surface area (TPSA) is 71.8 Å². The number of aromatic nitrogens is 3. The third-order valence-corrected chi connectivity index (χ3v) is 7.18. The normalized spacial score (nSPS) is 16.2. The number of anilines is 1. The molecule has 0 bridgehead atoms. The van der Waals surface area contributed by atoms with Crippen LogP contribution in [0.2, 0.25) is 0 Å². The van der Waals surface area contributed by atoms with E-state index in [-0.39, 0.29) is 11.8 Å². The molecular weight excluding hydrogens is 434 g/mol. The van der Waals surface area contributed by atoms with Crippen LogP contribution in [-0.2, 0) is 11.3 Å². The molecule has 5 rings (SSSR count). The predicted molar refractivity (Wildman–Crippen MR) is 131 cm³/mol. The average Bonchev–Trinajstić information content (AvgIpc) is 3.43. The first kappa shape index (κ1) is 21.5. The maximum absolute atomic E-state index is 12.8. The van der Waals surface area contributed by atoms with E-state index in [0.29, 0.717) is 13.1 Å². The molecule has 0 spiro atoms. The highest BCUT2D eigenvalue weighted by Crippen LogP contribution is 2.30. The summed E-state index contributed by atoms with van der Waals surface area (Å²) in [6.45, 7) is 4.23. The van der Waals surface area contributed by atoms with Crippen LogP contribution in [0.3, 0.4) is 0 Å².